The summed E-state index contributed by atoms with van der Waals surface area (Å²) in [6, 6.07) is 8.10. The fourth-order valence-corrected chi connectivity index (χ4v) is 2.79. The number of benzene rings is 2. The summed E-state index contributed by atoms with van der Waals surface area (Å²) >= 11 is 0. The van der Waals surface area contributed by atoms with Crippen molar-refractivity contribution in [2.75, 3.05) is 19.7 Å². The maximum absolute atomic E-state index is 12.6. The number of nitro benzene ring substituents is 2. The minimum Gasteiger partial charge on any atom is -0.487 e. The molecule has 31 heavy (non-hydrogen) atoms. The summed E-state index contributed by atoms with van der Waals surface area (Å²) in [5.41, 5.74) is -1.08. The zero-order valence-corrected chi connectivity index (χ0v) is 15.6. The highest BCUT2D eigenvalue weighted by Gasteiger charge is 2.36. The Labute approximate surface area is 172 Å². The van der Waals surface area contributed by atoms with Gasteiger partial charge in [0.15, 0.2) is 6.61 Å². The smallest absolute Gasteiger partial charge is 0.422 e. The molecule has 2 aromatic carbocycles. The molecular formula is C18H14F3N3O7. The fourth-order valence-electron chi connectivity index (χ4n) is 2.79. The lowest BCUT2D eigenvalue weighted by atomic mass is 10.1. The van der Waals surface area contributed by atoms with Crippen molar-refractivity contribution in [2.45, 2.75) is 12.3 Å². The molecular weight excluding hydrogens is 427 g/mol. The van der Waals surface area contributed by atoms with Crippen molar-refractivity contribution in [3.8, 4) is 11.5 Å². The molecule has 13 heteroatoms. The molecule has 1 aliphatic heterocycles. The summed E-state index contributed by atoms with van der Waals surface area (Å²) in [7, 11) is 0. The molecule has 0 aliphatic carbocycles. The molecule has 0 N–H and O–H groups in total. The predicted octanol–water partition coefficient (Wildman–Crippen LogP) is 3.35. The van der Waals surface area contributed by atoms with Crippen LogP contribution in [0.15, 0.2) is 42.5 Å². The Morgan fingerprint density at radius 2 is 1.65 bits per heavy atom. The molecule has 0 atom stereocenters. The minimum absolute atomic E-state index is 0.0701. The van der Waals surface area contributed by atoms with Crippen molar-refractivity contribution in [2.24, 2.45) is 0 Å². The first-order valence-electron chi connectivity index (χ1n) is 8.72. The standard InChI is InChI=1S/C18H14F3N3O7/c19-18(20,21)10-30-13-5-6-16(24(28)29)15(7-13)17(25)22-8-14(9-22)31-12-3-1-11(2-4-12)23(26)27/h1-7,14H,8-10H2. The summed E-state index contributed by atoms with van der Waals surface area (Å²) in [4.78, 5) is 34.3. The predicted molar refractivity (Wildman–Crippen MR) is 98.1 cm³/mol. The van der Waals surface area contributed by atoms with Gasteiger partial charge in [-0.15, -0.1) is 0 Å². The van der Waals surface area contributed by atoms with Gasteiger partial charge in [-0.05, 0) is 24.3 Å². The van der Waals surface area contributed by atoms with Crippen LogP contribution in [-0.4, -0.2) is 52.6 Å². The van der Waals surface area contributed by atoms with E-state index in [1.54, 1.807) is 0 Å². The Kier molecular flexibility index (Phi) is 5.95. The molecule has 1 saturated heterocycles. The number of non-ortho nitro benzene ring substituents is 1. The van der Waals surface area contributed by atoms with Gasteiger partial charge in [0.1, 0.15) is 23.2 Å². The number of amides is 1. The normalized spacial score (nSPS) is 14.0. The lowest BCUT2D eigenvalue weighted by Crippen LogP contribution is -2.56. The lowest BCUT2D eigenvalue weighted by molar-refractivity contribution is -0.385. The van der Waals surface area contributed by atoms with Crippen LogP contribution >= 0.6 is 0 Å². The number of hydrogen-bond donors (Lipinski definition) is 0. The minimum atomic E-state index is -4.61. The fraction of sp³-hybridized carbons (Fsp3) is 0.278. The highest BCUT2D eigenvalue weighted by molar-refractivity contribution is 5.99. The zero-order chi connectivity index (χ0) is 22.8. The van der Waals surface area contributed by atoms with E-state index in [1.165, 1.54) is 29.2 Å². The van der Waals surface area contributed by atoms with Gasteiger partial charge < -0.3 is 14.4 Å². The van der Waals surface area contributed by atoms with Crippen molar-refractivity contribution in [1.29, 1.82) is 0 Å². The van der Waals surface area contributed by atoms with Crippen molar-refractivity contribution >= 4 is 17.3 Å². The third-order valence-corrected chi connectivity index (χ3v) is 4.28. The van der Waals surface area contributed by atoms with Crippen LogP contribution in [0.1, 0.15) is 10.4 Å². The molecule has 0 radical (unpaired) electrons. The molecule has 1 fully saturated rings. The molecule has 0 aromatic heterocycles. The number of halogens is 3. The average Bonchev–Trinajstić information content (AvgIpc) is 2.67. The topological polar surface area (TPSA) is 125 Å². The van der Waals surface area contributed by atoms with Crippen LogP contribution in [0.4, 0.5) is 24.5 Å². The highest BCUT2D eigenvalue weighted by Crippen LogP contribution is 2.29. The molecule has 3 rings (SSSR count). The van der Waals surface area contributed by atoms with Crippen LogP contribution in [0.2, 0.25) is 0 Å². The van der Waals surface area contributed by atoms with E-state index in [0.29, 0.717) is 5.75 Å². The molecule has 10 nitrogen and oxygen atoms in total. The van der Waals surface area contributed by atoms with E-state index in [9.17, 15) is 38.2 Å². The van der Waals surface area contributed by atoms with E-state index in [4.69, 9.17) is 4.74 Å². The van der Waals surface area contributed by atoms with Gasteiger partial charge >= 0.3 is 6.18 Å². The van der Waals surface area contributed by atoms with E-state index in [-0.39, 0.29) is 24.5 Å². The summed E-state index contributed by atoms with van der Waals surface area (Å²) in [5, 5.41) is 21.9. The largest absolute Gasteiger partial charge is 0.487 e. The van der Waals surface area contributed by atoms with Crippen LogP contribution in [0.5, 0.6) is 11.5 Å². The SMILES string of the molecule is O=C(c1cc(OCC(F)(F)F)ccc1[N+](=O)[O-])N1CC(Oc2ccc([N+](=O)[O-])cc2)C1. The van der Waals surface area contributed by atoms with Crippen LogP contribution in [0.3, 0.4) is 0 Å². The first kappa shape index (κ1) is 21.8. The monoisotopic (exact) mass is 441 g/mol. The summed E-state index contributed by atoms with van der Waals surface area (Å²) < 4.78 is 47.1. The average molecular weight is 441 g/mol. The number of carbonyl (C=O) groups excluding carboxylic acids is 1. The molecule has 0 saturated carbocycles. The first-order chi connectivity index (χ1) is 14.5. The van der Waals surface area contributed by atoms with Gasteiger partial charge in [-0.2, -0.15) is 13.2 Å². The summed E-state index contributed by atoms with van der Waals surface area (Å²) in [6.45, 7) is -1.46. The van der Waals surface area contributed by atoms with Crippen molar-refractivity contribution in [3.05, 3.63) is 68.3 Å². The van der Waals surface area contributed by atoms with Crippen molar-refractivity contribution in [3.63, 3.8) is 0 Å². The maximum atomic E-state index is 12.6. The van der Waals surface area contributed by atoms with Crippen molar-refractivity contribution < 1.29 is 37.3 Å². The summed E-state index contributed by atoms with van der Waals surface area (Å²) in [5.74, 6) is -0.741. The quantitative estimate of drug-likeness (QED) is 0.477. The van der Waals surface area contributed by atoms with E-state index in [0.717, 1.165) is 18.2 Å². The molecule has 2 aromatic rings. The number of likely N-dealkylation sites (tertiary alicyclic amines) is 1. The number of alkyl halides is 3. The van der Waals surface area contributed by atoms with Crippen LogP contribution in [0.25, 0.3) is 0 Å². The number of nitrogens with zero attached hydrogens (tertiary/aromatic N) is 3. The van der Waals surface area contributed by atoms with Gasteiger partial charge in [0, 0.05) is 18.2 Å². The number of carbonyl (C=O) groups is 1. The third-order valence-electron chi connectivity index (χ3n) is 4.28. The van der Waals surface area contributed by atoms with E-state index >= 15 is 0 Å². The van der Waals surface area contributed by atoms with Gasteiger partial charge in [0.05, 0.1) is 22.9 Å². The number of rotatable bonds is 7. The van der Waals surface area contributed by atoms with Gasteiger partial charge in [0.2, 0.25) is 0 Å². The molecule has 0 spiro atoms. The first-order valence-corrected chi connectivity index (χ1v) is 8.72. The van der Waals surface area contributed by atoms with E-state index in [1.807, 2.05) is 0 Å². The van der Waals surface area contributed by atoms with Crippen LogP contribution in [0, 0.1) is 20.2 Å². The van der Waals surface area contributed by atoms with Gasteiger partial charge in [-0.1, -0.05) is 0 Å². The third kappa shape index (κ3) is 5.38. The molecule has 0 bridgehead atoms. The number of nitro groups is 2. The van der Waals surface area contributed by atoms with Crippen LogP contribution < -0.4 is 9.47 Å². The maximum Gasteiger partial charge on any atom is 0.422 e. The summed E-state index contributed by atoms with van der Waals surface area (Å²) in [6.07, 6.45) is -5.06. The van der Waals surface area contributed by atoms with Gasteiger partial charge in [-0.3, -0.25) is 25.0 Å². The number of ether oxygens (including phenoxy) is 2. The second kappa shape index (κ2) is 8.45. The number of hydrogen-bond acceptors (Lipinski definition) is 7. The Morgan fingerprint density at radius 1 is 1.03 bits per heavy atom. The zero-order valence-electron chi connectivity index (χ0n) is 15.6. The van der Waals surface area contributed by atoms with Crippen LogP contribution in [-0.2, 0) is 0 Å². The van der Waals surface area contributed by atoms with Gasteiger partial charge in [-0.25, -0.2) is 0 Å². The molecule has 1 heterocycles. The Bertz CT molecular complexity index is 1010. The molecule has 1 amide bonds. The molecule has 164 valence electrons. The second-order valence-corrected chi connectivity index (χ2v) is 6.54. The lowest BCUT2D eigenvalue weighted by Gasteiger charge is -2.38. The Hall–Kier alpha value is -3.90. The van der Waals surface area contributed by atoms with E-state index < -0.39 is 45.9 Å². The molecule has 1 aliphatic rings. The Balaban J connectivity index is 1.65. The Morgan fingerprint density at radius 3 is 2.19 bits per heavy atom. The second-order valence-electron chi connectivity index (χ2n) is 6.54. The highest BCUT2D eigenvalue weighted by atomic mass is 19.4. The van der Waals surface area contributed by atoms with E-state index in [2.05, 4.69) is 4.74 Å². The van der Waals surface area contributed by atoms with Crippen molar-refractivity contribution in [1.82, 2.24) is 4.90 Å². The van der Waals surface area contributed by atoms with Gasteiger partial charge in [0.25, 0.3) is 17.3 Å². The molecule has 0 unspecified atom stereocenters.